The van der Waals surface area contributed by atoms with Gasteiger partial charge in [0.1, 0.15) is 0 Å². The molecule has 90 valence electrons. The van der Waals surface area contributed by atoms with E-state index in [-0.39, 0.29) is 6.61 Å². The summed E-state index contributed by atoms with van der Waals surface area (Å²) in [5, 5.41) is 9.53. The van der Waals surface area contributed by atoms with Crippen LogP contribution in [0.2, 0.25) is 0 Å². The second-order valence-electron chi connectivity index (χ2n) is 4.76. The van der Waals surface area contributed by atoms with E-state index in [9.17, 15) is 0 Å². The van der Waals surface area contributed by atoms with Crippen LogP contribution in [0.15, 0.2) is 29.2 Å². The van der Waals surface area contributed by atoms with Crippen molar-refractivity contribution < 1.29 is 5.11 Å². The molecular weight excluding hydrogens is 218 g/mol. The topological polar surface area (TPSA) is 46.2 Å². The van der Waals surface area contributed by atoms with Gasteiger partial charge in [-0.15, -0.1) is 11.8 Å². The van der Waals surface area contributed by atoms with Gasteiger partial charge in [-0.3, -0.25) is 0 Å². The lowest BCUT2D eigenvalue weighted by Crippen LogP contribution is -2.42. The molecule has 0 amide bonds. The van der Waals surface area contributed by atoms with Crippen molar-refractivity contribution in [3.63, 3.8) is 0 Å². The zero-order valence-electron chi connectivity index (χ0n) is 10.2. The van der Waals surface area contributed by atoms with Gasteiger partial charge in [0, 0.05) is 15.7 Å². The number of nitrogens with two attached hydrogens (primary N) is 1. The first-order chi connectivity index (χ1) is 7.43. The molecule has 3 N–H and O–H groups in total. The van der Waals surface area contributed by atoms with E-state index in [1.54, 1.807) is 0 Å². The highest BCUT2D eigenvalue weighted by atomic mass is 32.2. The predicted octanol–water partition coefficient (Wildman–Crippen LogP) is 2.58. The largest absolute Gasteiger partial charge is 0.394 e. The van der Waals surface area contributed by atoms with E-state index in [2.05, 4.69) is 38.1 Å². The molecule has 0 saturated heterocycles. The molecule has 1 aromatic rings. The summed E-state index contributed by atoms with van der Waals surface area (Å²) in [6.07, 6.45) is 0.808. The van der Waals surface area contributed by atoms with Crippen molar-refractivity contribution in [1.29, 1.82) is 0 Å². The maximum atomic E-state index is 9.12. The van der Waals surface area contributed by atoms with Crippen molar-refractivity contribution in [1.82, 2.24) is 0 Å². The number of aliphatic hydroxyl groups excluding tert-OH is 1. The van der Waals surface area contributed by atoms with Crippen LogP contribution < -0.4 is 5.73 Å². The second-order valence-corrected chi connectivity index (χ2v) is 6.27. The summed E-state index contributed by atoms with van der Waals surface area (Å²) in [7, 11) is 0. The third kappa shape index (κ3) is 4.56. The predicted molar refractivity (Wildman–Crippen MR) is 70.8 cm³/mol. The molecular formula is C13H21NOS. The molecule has 2 nitrogen and oxygen atoms in total. The highest BCUT2D eigenvalue weighted by molar-refractivity contribution is 7.99. The van der Waals surface area contributed by atoms with Gasteiger partial charge in [0.2, 0.25) is 0 Å². The molecule has 3 heteroatoms. The van der Waals surface area contributed by atoms with E-state index < -0.39 is 5.54 Å². The number of hydrogen-bond acceptors (Lipinski definition) is 3. The molecule has 2 atom stereocenters. The molecule has 0 fully saturated rings. The zero-order chi connectivity index (χ0) is 12.2. The number of thioether (sulfide) groups is 1. The molecule has 0 bridgehead atoms. The average Bonchev–Trinajstić information content (AvgIpc) is 2.16. The summed E-state index contributed by atoms with van der Waals surface area (Å²) in [6, 6.07) is 8.45. The van der Waals surface area contributed by atoms with Gasteiger partial charge in [0.25, 0.3) is 0 Å². The van der Waals surface area contributed by atoms with Crippen LogP contribution in [0.25, 0.3) is 0 Å². The monoisotopic (exact) mass is 239 g/mol. The maximum Gasteiger partial charge on any atom is 0.0608 e. The lowest BCUT2D eigenvalue weighted by Gasteiger charge is -2.25. The molecule has 0 aromatic heterocycles. The summed E-state index contributed by atoms with van der Waals surface area (Å²) < 4.78 is 0. The van der Waals surface area contributed by atoms with Gasteiger partial charge >= 0.3 is 0 Å². The smallest absolute Gasteiger partial charge is 0.0608 e. The van der Waals surface area contributed by atoms with Gasteiger partial charge in [0.15, 0.2) is 0 Å². The zero-order valence-corrected chi connectivity index (χ0v) is 11.1. The number of aryl methyl sites for hydroxylation is 1. The van der Waals surface area contributed by atoms with Crippen molar-refractivity contribution in [2.45, 2.75) is 42.9 Å². The molecule has 0 aliphatic heterocycles. The van der Waals surface area contributed by atoms with Crippen LogP contribution in [0.4, 0.5) is 0 Å². The Balaban J connectivity index is 2.55. The first-order valence-electron chi connectivity index (χ1n) is 5.56. The minimum absolute atomic E-state index is 0.0334. The van der Waals surface area contributed by atoms with Gasteiger partial charge in [-0.25, -0.2) is 0 Å². The van der Waals surface area contributed by atoms with Crippen LogP contribution in [0.3, 0.4) is 0 Å². The molecule has 2 unspecified atom stereocenters. The Hall–Kier alpha value is -0.510. The third-order valence-corrected chi connectivity index (χ3v) is 3.54. The number of rotatable bonds is 5. The summed E-state index contributed by atoms with van der Waals surface area (Å²) >= 11 is 1.81. The van der Waals surface area contributed by atoms with Crippen LogP contribution in [0.5, 0.6) is 0 Å². The van der Waals surface area contributed by atoms with E-state index in [0.717, 1.165) is 6.42 Å². The Morgan fingerprint density at radius 3 is 2.75 bits per heavy atom. The normalized spacial score (nSPS) is 16.8. The van der Waals surface area contributed by atoms with Crippen LogP contribution in [-0.4, -0.2) is 22.5 Å². The van der Waals surface area contributed by atoms with Gasteiger partial charge < -0.3 is 10.8 Å². The van der Waals surface area contributed by atoms with Gasteiger partial charge in [0.05, 0.1) is 6.61 Å². The summed E-state index contributed by atoms with van der Waals surface area (Å²) in [5.41, 5.74) is 6.73. The van der Waals surface area contributed by atoms with Crippen molar-refractivity contribution in [3.8, 4) is 0 Å². The summed E-state index contributed by atoms with van der Waals surface area (Å²) in [5.74, 6) is 0. The van der Waals surface area contributed by atoms with Gasteiger partial charge in [-0.05, 0) is 32.4 Å². The number of aliphatic hydroxyl groups is 1. The fourth-order valence-corrected chi connectivity index (χ4v) is 3.02. The molecule has 16 heavy (non-hydrogen) atoms. The number of benzene rings is 1. The van der Waals surface area contributed by atoms with Crippen LogP contribution in [0.1, 0.15) is 25.8 Å². The molecule has 0 heterocycles. The highest BCUT2D eigenvalue weighted by Crippen LogP contribution is 2.28. The third-order valence-electron chi connectivity index (χ3n) is 2.44. The van der Waals surface area contributed by atoms with E-state index in [4.69, 9.17) is 10.8 Å². The molecule has 0 radical (unpaired) electrons. The molecule has 0 spiro atoms. The Morgan fingerprint density at radius 1 is 1.50 bits per heavy atom. The first-order valence-corrected chi connectivity index (χ1v) is 6.44. The lowest BCUT2D eigenvalue weighted by atomic mass is 9.99. The first kappa shape index (κ1) is 13.6. The minimum Gasteiger partial charge on any atom is -0.394 e. The van der Waals surface area contributed by atoms with Crippen LogP contribution in [0, 0.1) is 6.92 Å². The molecule has 0 aliphatic rings. The summed E-state index contributed by atoms with van der Waals surface area (Å²) in [6.45, 7) is 6.16. The standard InChI is InChI=1S/C13H21NOS/c1-10-5-4-6-12(7-10)16-11(2)8-13(3,14)9-15/h4-7,11,15H,8-9,14H2,1-3H3. The second kappa shape index (κ2) is 5.71. The highest BCUT2D eigenvalue weighted by Gasteiger charge is 2.21. The lowest BCUT2D eigenvalue weighted by molar-refractivity contribution is 0.201. The molecule has 0 saturated carbocycles. The Bertz CT molecular complexity index is 338. The van der Waals surface area contributed by atoms with Crippen LogP contribution in [-0.2, 0) is 0 Å². The van der Waals surface area contributed by atoms with E-state index >= 15 is 0 Å². The Morgan fingerprint density at radius 2 is 2.19 bits per heavy atom. The maximum absolute atomic E-state index is 9.12. The van der Waals surface area contributed by atoms with E-state index in [1.807, 2.05) is 18.7 Å². The molecule has 1 aromatic carbocycles. The Labute approximate surface area is 102 Å². The fraction of sp³-hybridized carbons (Fsp3) is 0.538. The van der Waals surface area contributed by atoms with Crippen molar-refractivity contribution in [2.75, 3.05) is 6.61 Å². The Kier molecular flexibility index (Phi) is 4.84. The SMILES string of the molecule is Cc1cccc(SC(C)CC(C)(N)CO)c1. The van der Waals surface area contributed by atoms with Gasteiger partial charge in [-0.1, -0.05) is 24.6 Å². The average molecular weight is 239 g/mol. The van der Waals surface area contributed by atoms with Crippen LogP contribution >= 0.6 is 11.8 Å². The van der Waals surface area contributed by atoms with E-state index in [0.29, 0.717) is 5.25 Å². The van der Waals surface area contributed by atoms with Crippen molar-refractivity contribution in [3.05, 3.63) is 29.8 Å². The molecule has 1 rings (SSSR count). The van der Waals surface area contributed by atoms with Crippen molar-refractivity contribution in [2.24, 2.45) is 5.73 Å². The minimum atomic E-state index is -0.476. The van der Waals surface area contributed by atoms with Crippen molar-refractivity contribution >= 4 is 11.8 Å². The quantitative estimate of drug-likeness (QED) is 0.776. The molecule has 0 aliphatic carbocycles. The fourth-order valence-electron chi connectivity index (χ4n) is 1.68. The number of hydrogen-bond donors (Lipinski definition) is 2. The summed E-state index contributed by atoms with van der Waals surface area (Å²) in [4.78, 5) is 1.27. The van der Waals surface area contributed by atoms with E-state index in [1.165, 1.54) is 10.5 Å². The van der Waals surface area contributed by atoms with Gasteiger partial charge in [-0.2, -0.15) is 0 Å².